The Hall–Kier alpha value is -1.43. The number of nitrogens with two attached hydrogens (primary N) is 1. The maximum absolute atomic E-state index is 12.3. The second-order valence-corrected chi connectivity index (χ2v) is 5.21. The van der Waals surface area contributed by atoms with Gasteiger partial charge in [0.1, 0.15) is 0 Å². The van der Waals surface area contributed by atoms with Crippen LogP contribution in [0.25, 0.3) is 0 Å². The Morgan fingerprint density at radius 3 is 2.78 bits per heavy atom. The van der Waals surface area contributed by atoms with E-state index in [1.807, 2.05) is 0 Å². The molecule has 0 saturated heterocycles. The second-order valence-electron chi connectivity index (χ2n) is 4.77. The van der Waals surface area contributed by atoms with Crippen molar-refractivity contribution in [2.45, 2.75) is 38.6 Å². The lowest BCUT2D eigenvalue weighted by Gasteiger charge is -2.34. The average Bonchev–Trinajstić information content (AvgIpc) is 2.89. The molecular formula is C12H18N4OS. The lowest BCUT2D eigenvalue weighted by molar-refractivity contribution is -0.129. The Kier molecular flexibility index (Phi) is 3.96. The maximum atomic E-state index is 12.3. The smallest absolute Gasteiger partial charge is 0.233 e. The van der Waals surface area contributed by atoms with Crippen LogP contribution in [0.1, 0.15) is 37.8 Å². The van der Waals surface area contributed by atoms with Crippen LogP contribution in [0, 0.1) is 5.41 Å². The van der Waals surface area contributed by atoms with E-state index in [-0.39, 0.29) is 5.91 Å². The van der Waals surface area contributed by atoms with E-state index in [1.54, 1.807) is 12.5 Å². The summed E-state index contributed by atoms with van der Waals surface area (Å²) in [7, 11) is 0. The van der Waals surface area contributed by atoms with Crippen molar-refractivity contribution in [2.24, 2.45) is 11.1 Å². The zero-order valence-corrected chi connectivity index (χ0v) is 11.1. The third-order valence-electron chi connectivity index (χ3n) is 3.61. The van der Waals surface area contributed by atoms with Gasteiger partial charge in [-0.1, -0.05) is 31.5 Å². The monoisotopic (exact) mass is 266 g/mol. The van der Waals surface area contributed by atoms with Crippen LogP contribution >= 0.6 is 12.2 Å². The van der Waals surface area contributed by atoms with Crippen LogP contribution in [0.15, 0.2) is 12.5 Å². The van der Waals surface area contributed by atoms with Crippen molar-refractivity contribution in [3.05, 3.63) is 18.2 Å². The number of hydrogen-bond donors (Lipinski definition) is 3. The number of imidazole rings is 1. The van der Waals surface area contributed by atoms with Crippen LogP contribution < -0.4 is 11.1 Å². The number of aromatic nitrogens is 2. The molecule has 1 aliphatic rings. The molecule has 1 heterocycles. The number of carbonyl (C=O) groups excluding carboxylic acids is 1. The fourth-order valence-electron chi connectivity index (χ4n) is 2.47. The zero-order valence-electron chi connectivity index (χ0n) is 10.2. The number of amides is 1. The van der Waals surface area contributed by atoms with Gasteiger partial charge in [0.2, 0.25) is 5.91 Å². The van der Waals surface area contributed by atoms with E-state index in [2.05, 4.69) is 15.3 Å². The number of H-pyrrole nitrogens is 1. The highest BCUT2D eigenvalue weighted by molar-refractivity contribution is 7.80. The van der Waals surface area contributed by atoms with Gasteiger partial charge in [-0.25, -0.2) is 4.98 Å². The SMILES string of the molecule is NC(=S)C1(C(=O)NCc2cnc[nH]2)CCCCC1. The molecule has 0 aromatic carbocycles. The van der Waals surface area contributed by atoms with Crippen molar-refractivity contribution in [3.63, 3.8) is 0 Å². The molecule has 2 rings (SSSR count). The molecule has 0 unspecified atom stereocenters. The standard InChI is InChI=1S/C12H18N4OS/c13-10(18)12(4-2-1-3-5-12)11(17)15-7-9-6-14-8-16-9/h6,8H,1-5,7H2,(H2,13,18)(H,14,16)(H,15,17). The molecule has 1 amide bonds. The van der Waals surface area contributed by atoms with E-state index >= 15 is 0 Å². The number of nitrogens with one attached hydrogen (secondary N) is 2. The minimum absolute atomic E-state index is 0.0516. The Morgan fingerprint density at radius 2 is 2.22 bits per heavy atom. The fraction of sp³-hybridized carbons (Fsp3) is 0.583. The highest BCUT2D eigenvalue weighted by atomic mass is 32.1. The maximum Gasteiger partial charge on any atom is 0.233 e. The van der Waals surface area contributed by atoms with Crippen molar-refractivity contribution >= 4 is 23.1 Å². The molecule has 0 bridgehead atoms. The predicted molar refractivity (Wildman–Crippen MR) is 72.7 cm³/mol. The summed E-state index contributed by atoms with van der Waals surface area (Å²) in [6.07, 6.45) is 7.97. The molecular weight excluding hydrogens is 248 g/mol. The van der Waals surface area contributed by atoms with Gasteiger partial charge in [-0.15, -0.1) is 0 Å². The molecule has 0 aliphatic heterocycles. The molecule has 1 fully saturated rings. The van der Waals surface area contributed by atoms with E-state index in [0.717, 1.165) is 37.8 Å². The molecule has 0 radical (unpaired) electrons. The van der Waals surface area contributed by atoms with E-state index in [0.29, 0.717) is 11.5 Å². The quantitative estimate of drug-likeness (QED) is 0.716. The van der Waals surface area contributed by atoms with Crippen LogP contribution in [0.3, 0.4) is 0 Å². The summed E-state index contributed by atoms with van der Waals surface area (Å²) in [5.41, 5.74) is 6.03. The largest absolute Gasteiger partial charge is 0.392 e. The van der Waals surface area contributed by atoms with Crippen LogP contribution in [0.5, 0.6) is 0 Å². The van der Waals surface area contributed by atoms with Gasteiger partial charge >= 0.3 is 0 Å². The summed E-state index contributed by atoms with van der Waals surface area (Å²) >= 11 is 5.11. The van der Waals surface area contributed by atoms with Crippen molar-refractivity contribution in [1.29, 1.82) is 0 Å². The summed E-state index contributed by atoms with van der Waals surface area (Å²) in [4.78, 5) is 19.5. The third-order valence-corrected chi connectivity index (χ3v) is 4.00. The predicted octanol–water partition coefficient (Wildman–Crippen LogP) is 1.26. The fourth-order valence-corrected chi connectivity index (χ4v) is 2.76. The van der Waals surface area contributed by atoms with E-state index in [1.165, 1.54) is 0 Å². The Bertz CT molecular complexity index is 423. The van der Waals surface area contributed by atoms with Crippen molar-refractivity contribution in [2.75, 3.05) is 0 Å². The van der Waals surface area contributed by atoms with Crippen LogP contribution in [-0.2, 0) is 11.3 Å². The van der Waals surface area contributed by atoms with Gasteiger partial charge in [0, 0.05) is 6.20 Å². The van der Waals surface area contributed by atoms with Gasteiger partial charge in [0.05, 0.1) is 29.0 Å². The van der Waals surface area contributed by atoms with Gasteiger partial charge in [0.25, 0.3) is 0 Å². The average molecular weight is 266 g/mol. The summed E-state index contributed by atoms with van der Waals surface area (Å²) in [6.45, 7) is 0.434. The van der Waals surface area contributed by atoms with E-state index in [9.17, 15) is 4.79 Å². The topological polar surface area (TPSA) is 83.8 Å². The molecule has 1 aromatic rings. The minimum atomic E-state index is -0.645. The number of carbonyl (C=O) groups is 1. The molecule has 98 valence electrons. The molecule has 4 N–H and O–H groups in total. The first-order valence-corrected chi connectivity index (χ1v) is 6.61. The van der Waals surface area contributed by atoms with Crippen LogP contribution in [0.4, 0.5) is 0 Å². The Labute approximate surface area is 112 Å². The number of aromatic amines is 1. The molecule has 0 atom stereocenters. The summed E-state index contributed by atoms with van der Waals surface area (Å²) in [5.74, 6) is -0.0516. The third kappa shape index (κ3) is 2.53. The van der Waals surface area contributed by atoms with Crippen LogP contribution in [-0.4, -0.2) is 20.9 Å². The minimum Gasteiger partial charge on any atom is -0.392 e. The van der Waals surface area contributed by atoms with E-state index in [4.69, 9.17) is 18.0 Å². The molecule has 1 aliphatic carbocycles. The summed E-state index contributed by atoms with van der Waals surface area (Å²) < 4.78 is 0. The first-order chi connectivity index (χ1) is 8.65. The molecule has 5 nitrogen and oxygen atoms in total. The number of rotatable bonds is 4. The normalized spacial score (nSPS) is 18.2. The molecule has 1 saturated carbocycles. The van der Waals surface area contributed by atoms with Gasteiger partial charge in [-0.2, -0.15) is 0 Å². The lowest BCUT2D eigenvalue weighted by atomic mass is 9.73. The van der Waals surface area contributed by atoms with Crippen molar-refractivity contribution in [3.8, 4) is 0 Å². The molecule has 6 heteroatoms. The number of thiocarbonyl (C=S) groups is 1. The van der Waals surface area contributed by atoms with Crippen molar-refractivity contribution < 1.29 is 4.79 Å². The first kappa shape index (κ1) is 13.0. The zero-order chi connectivity index (χ0) is 13.0. The Morgan fingerprint density at radius 1 is 1.50 bits per heavy atom. The van der Waals surface area contributed by atoms with Gasteiger partial charge in [-0.05, 0) is 12.8 Å². The highest BCUT2D eigenvalue weighted by Gasteiger charge is 2.42. The van der Waals surface area contributed by atoms with Gasteiger partial charge in [0.15, 0.2) is 0 Å². The summed E-state index contributed by atoms with van der Waals surface area (Å²) in [5, 5.41) is 2.90. The van der Waals surface area contributed by atoms with Crippen molar-refractivity contribution in [1.82, 2.24) is 15.3 Å². The molecule has 0 spiro atoms. The van der Waals surface area contributed by atoms with Crippen LogP contribution in [0.2, 0.25) is 0 Å². The first-order valence-electron chi connectivity index (χ1n) is 6.20. The Balaban J connectivity index is 2.02. The van der Waals surface area contributed by atoms with E-state index < -0.39 is 5.41 Å². The molecule has 1 aromatic heterocycles. The number of nitrogens with zero attached hydrogens (tertiary/aromatic N) is 1. The highest BCUT2D eigenvalue weighted by Crippen LogP contribution is 2.36. The number of hydrogen-bond acceptors (Lipinski definition) is 3. The van der Waals surface area contributed by atoms with Gasteiger partial charge < -0.3 is 16.0 Å². The summed E-state index contributed by atoms with van der Waals surface area (Å²) in [6, 6.07) is 0. The molecule has 18 heavy (non-hydrogen) atoms. The van der Waals surface area contributed by atoms with Gasteiger partial charge in [-0.3, -0.25) is 4.79 Å². The lowest BCUT2D eigenvalue weighted by Crippen LogP contribution is -2.49. The second kappa shape index (κ2) is 5.48.